The van der Waals surface area contributed by atoms with Gasteiger partial charge in [0.15, 0.2) is 5.76 Å². The van der Waals surface area contributed by atoms with Crippen LogP contribution in [0.2, 0.25) is 0 Å². The molecule has 3 aromatic heterocycles. The van der Waals surface area contributed by atoms with Crippen molar-refractivity contribution in [3.63, 3.8) is 0 Å². The SMILES string of the molecule is Cc1noc2nc(-c3ccco3)cc(C(=O)N3C[C@@H](C(=O)O)[C@H](C(F)F)C3)c12. The second-order valence-electron chi connectivity index (χ2n) is 6.63. The zero-order valence-electron chi connectivity index (χ0n) is 14.6. The van der Waals surface area contributed by atoms with E-state index in [0.717, 1.165) is 4.90 Å². The van der Waals surface area contributed by atoms with Crippen molar-refractivity contribution in [2.75, 3.05) is 13.1 Å². The summed E-state index contributed by atoms with van der Waals surface area (Å²) in [5, 5.41) is 13.4. The molecule has 0 unspecified atom stereocenters. The molecule has 8 nitrogen and oxygen atoms in total. The van der Waals surface area contributed by atoms with Crippen LogP contribution in [-0.2, 0) is 4.79 Å². The lowest BCUT2D eigenvalue weighted by atomic mass is 9.97. The van der Waals surface area contributed by atoms with Gasteiger partial charge in [-0.3, -0.25) is 9.59 Å². The molecule has 2 atom stereocenters. The first-order valence-electron chi connectivity index (χ1n) is 8.48. The van der Waals surface area contributed by atoms with Crippen molar-refractivity contribution in [1.82, 2.24) is 15.0 Å². The number of nitrogens with zero attached hydrogens (tertiary/aromatic N) is 3. The summed E-state index contributed by atoms with van der Waals surface area (Å²) in [6.07, 6.45) is -1.40. The second kappa shape index (κ2) is 6.70. The first kappa shape index (κ1) is 18.1. The van der Waals surface area contributed by atoms with Crippen molar-refractivity contribution < 1.29 is 32.4 Å². The predicted octanol–water partition coefficient (Wildman–Crippen LogP) is 2.83. The highest BCUT2D eigenvalue weighted by Gasteiger charge is 2.45. The molecule has 28 heavy (non-hydrogen) atoms. The third kappa shape index (κ3) is 2.90. The molecule has 3 aromatic rings. The summed E-state index contributed by atoms with van der Waals surface area (Å²) in [5.41, 5.74) is 0.982. The van der Waals surface area contributed by atoms with E-state index in [0.29, 0.717) is 22.5 Å². The van der Waals surface area contributed by atoms with Gasteiger partial charge in [0.2, 0.25) is 6.43 Å². The van der Waals surface area contributed by atoms with E-state index in [-0.39, 0.29) is 24.4 Å². The topological polar surface area (TPSA) is 110 Å². The number of aryl methyl sites for hydroxylation is 1. The van der Waals surface area contributed by atoms with E-state index in [1.807, 2.05) is 0 Å². The number of aromatic nitrogens is 2. The van der Waals surface area contributed by atoms with Gasteiger partial charge < -0.3 is 18.9 Å². The highest BCUT2D eigenvalue weighted by molar-refractivity contribution is 6.07. The van der Waals surface area contributed by atoms with Crippen LogP contribution in [-0.4, -0.2) is 51.5 Å². The lowest BCUT2D eigenvalue weighted by Crippen LogP contribution is -2.30. The molecular formula is C18H15F2N3O5. The van der Waals surface area contributed by atoms with Crippen molar-refractivity contribution >= 4 is 23.0 Å². The molecule has 4 rings (SSSR count). The van der Waals surface area contributed by atoms with Crippen molar-refractivity contribution in [3.05, 3.63) is 35.7 Å². The number of hydrogen-bond donors (Lipinski definition) is 1. The van der Waals surface area contributed by atoms with Gasteiger partial charge in [-0.05, 0) is 25.1 Å². The number of rotatable bonds is 4. The number of hydrogen-bond acceptors (Lipinski definition) is 6. The van der Waals surface area contributed by atoms with E-state index >= 15 is 0 Å². The largest absolute Gasteiger partial charge is 0.481 e. The van der Waals surface area contributed by atoms with Gasteiger partial charge >= 0.3 is 5.97 Å². The number of fused-ring (bicyclic) bond motifs is 1. The number of carbonyl (C=O) groups excluding carboxylic acids is 1. The summed E-state index contributed by atoms with van der Waals surface area (Å²) in [6.45, 7) is 0.980. The summed E-state index contributed by atoms with van der Waals surface area (Å²) < 4.78 is 37.0. The van der Waals surface area contributed by atoms with E-state index in [1.165, 1.54) is 12.3 Å². The molecule has 4 heterocycles. The third-order valence-electron chi connectivity index (χ3n) is 4.91. The third-order valence-corrected chi connectivity index (χ3v) is 4.91. The Kier molecular flexibility index (Phi) is 4.33. The van der Waals surface area contributed by atoms with Crippen LogP contribution in [0.25, 0.3) is 22.6 Å². The average molecular weight is 391 g/mol. The Morgan fingerprint density at radius 2 is 2.14 bits per heavy atom. The van der Waals surface area contributed by atoms with E-state index in [1.54, 1.807) is 19.1 Å². The summed E-state index contributed by atoms with van der Waals surface area (Å²) >= 11 is 0. The number of carboxylic acids is 1. The Morgan fingerprint density at radius 1 is 1.36 bits per heavy atom. The fourth-order valence-corrected chi connectivity index (χ4v) is 3.50. The molecule has 1 aliphatic heterocycles. The Balaban J connectivity index is 1.77. The van der Waals surface area contributed by atoms with Gasteiger partial charge in [0.05, 0.1) is 34.7 Å². The van der Waals surface area contributed by atoms with Gasteiger partial charge in [-0.25, -0.2) is 13.8 Å². The fourth-order valence-electron chi connectivity index (χ4n) is 3.50. The van der Waals surface area contributed by atoms with Crippen LogP contribution >= 0.6 is 0 Å². The van der Waals surface area contributed by atoms with Gasteiger partial charge in [0.1, 0.15) is 5.69 Å². The molecule has 0 bridgehead atoms. The van der Waals surface area contributed by atoms with Crippen LogP contribution < -0.4 is 0 Å². The standard InChI is InChI=1S/C18H15F2N3O5/c1-8-14-9(5-12(13-3-2-4-27-13)21-16(14)28-22-8)17(24)23-6-10(15(19)20)11(7-23)18(25)26/h2-5,10-11,15H,6-7H2,1H3,(H,25,26)/t10-,11-/m1/s1. The first-order chi connectivity index (χ1) is 13.4. The molecule has 1 saturated heterocycles. The van der Waals surface area contributed by atoms with Gasteiger partial charge in [0.25, 0.3) is 11.6 Å². The van der Waals surface area contributed by atoms with Crippen LogP contribution in [0.3, 0.4) is 0 Å². The summed E-state index contributed by atoms with van der Waals surface area (Å²) in [6, 6.07) is 4.77. The maximum Gasteiger partial charge on any atom is 0.308 e. The maximum absolute atomic E-state index is 13.3. The summed E-state index contributed by atoms with van der Waals surface area (Å²) in [7, 11) is 0. The number of furan rings is 1. The lowest BCUT2D eigenvalue weighted by molar-refractivity contribution is -0.144. The minimum absolute atomic E-state index is 0.106. The summed E-state index contributed by atoms with van der Waals surface area (Å²) in [4.78, 5) is 29.9. The smallest absolute Gasteiger partial charge is 0.308 e. The summed E-state index contributed by atoms with van der Waals surface area (Å²) in [5.74, 6) is -4.29. The lowest BCUT2D eigenvalue weighted by Gasteiger charge is -2.17. The molecular weight excluding hydrogens is 376 g/mol. The van der Waals surface area contributed by atoms with Crippen LogP contribution in [0.5, 0.6) is 0 Å². The molecule has 0 spiro atoms. The Labute approximate surface area is 156 Å². The Morgan fingerprint density at radius 3 is 2.75 bits per heavy atom. The van der Waals surface area contributed by atoms with Crippen LogP contribution in [0.15, 0.2) is 33.4 Å². The number of carboxylic acid groups (broad SMARTS) is 1. The number of halogens is 2. The molecule has 0 aromatic carbocycles. The zero-order valence-corrected chi connectivity index (χ0v) is 14.6. The molecule has 0 saturated carbocycles. The van der Waals surface area contributed by atoms with E-state index in [9.17, 15) is 23.5 Å². The average Bonchev–Trinajstić information content (AvgIpc) is 3.40. The molecule has 0 radical (unpaired) electrons. The van der Waals surface area contributed by atoms with Gasteiger partial charge in [-0.15, -0.1) is 0 Å². The normalized spacial score (nSPS) is 19.6. The van der Waals surface area contributed by atoms with Crippen LogP contribution in [0, 0.1) is 18.8 Å². The van der Waals surface area contributed by atoms with Crippen molar-refractivity contribution in [2.24, 2.45) is 11.8 Å². The minimum atomic E-state index is -2.84. The number of alkyl halides is 2. The minimum Gasteiger partial charge on any atom is -0.481 e. The number of aliphatic carboxylic acids is 1. The molecule has 1 N–H and O–H groups in total. The molecule has 0 aliphatic carbocycles. The van der Waals surface area contributed by atoms with Crippen LogP contribution in [0.4, 0.5) is 8.78 Å². The monoisotopic (exact) mass is 391 g/mol. The second-order valence-corrected chi connectivity index (χ2v) is 6.63. The number of likely N-dealkylation sites (tertiary alicyclic amines) is 1. The molecule has 1 amide bonds. The molecule has 10 heteroatoms. The number of pyridine rings is 1. The van der Waals surface area contributed by atoms with Gasteiger partial charge in [-0.1, -0.05) is 5.16 Å². The van der Waals surface area contributed by atoms with Crippen molar-refractivity contribution in [2.45, 2.75) is 13.3 Å². The Hall–Kier alpha value is -3.30. The highest BCUT2D eigenvalue weighted by Crippen LogP contribution is 2.33. The van der Waals surface area contributed by atoms with E-state index < -0.39 is 30.1 Å². The van der Waals surface area contributed by atoms with Gasteiger partial charge in [0, 0.05) is 13.1 Å². The van der Waals surface area contributed by atoms with Crippen molar-refractivity contribution in [3.8, 4) is 11.5 Å². The van der Waals surface area contributed by atoms with Gasteiger partial charge in [-0.2, -0.15) is 0 Å². The maximum atomic E-state index is 13.3. The molecule has 1 aliphatic rings. The first-order valence-corrected chi connectivity index (χ1v) is 8.48. The number of carbonyl (C=O) groups is 2. The molecule has 146 valence electrons. The highest BCUT2D eigenvalue weighted by atomic mass is 19.3. The molecule has 1 fully saturated rings. The van der Waals surface area contributed by atoms with Crippen LogP contribution in [0.1, 0.15) is 16.1 Å². The fraction of sp³-hybridized carbons (Fsp3) is 0.333. The van der Waals surface area contributed by atoms with E-state index in [2.05, 4.69) is 10.1 Å². The van der Waals surface area contributed by atoms with E-state index in [4.69, 9.17) is 8.94 Å². The predicted molar refractivity (Wildman–Crippen MR) is 90.8 cm³/mol. The zero-order chi connectivity index (χ0) is 20.0. The Bertz CT molecular complexity index is 1050. The van der Waals surface area contributed by atoms with Crippen molar-refractivity contribution in [1.29, 1.82) is 0 Å². The number of amides is 1. The quantitative estimate of drug-likeness (QED) is 0.728.